The predicted octanol–water partition coefficient (Wildman–Crippen LogP) is 2.22. The minimum absolute atomic E-state index is 0.131. The van der Waals surface area contributed by atoms with Crippen LogP contribution in [0.5, 0.6) is 0 Å². The van der Waals surface area contributed by atoms with Crippen molar-refractivity contribution in [2.45, 2.75) is 30.4 Å². The molecule has 0 spiro atoms. The van der Waals surface area contributed by atoms with Crippen LogP contribution in [0.1, 0.15) is 29.8 Å². The number of halogens is 1. The normalized spacial score (nSPS) is 31.7. The zero-order valence-corrected chi connectivity index (χ0v) is 10.9. The maximum Gasteiger partial charge on any atom is 0.268 e. The molecular formula is C14H13ClN2O2. The highest BCUT2D eigenvalue weighted by Crippen LogP contribution is 2.60. The SMILES string of the molecule is O=C(NC12CC(O)(C1)C2)c1cc2cccc(Cl)c2[nH]1. The van der Waals surface area contributed by atoms with Gasteiger partial charge in [0, 0.05) is 10.9 Å². The van der Waals surface area contributed by atoms with E-state index in [0.29, 0.717) is 30.0 Å². The summed E-state index contributed by atoms with van der Waals surface area (Å²) in [5.41, 5.74) is 0.620. The molecule has 98 valence electrons. The molecule has 1 aromatic carbocycles. The molecule has 1 heterocycles. The number of hydrogen-bond acceptors (Lipinski definition) is 2. The number of rotatable bonds is 2. The Labute approximate surface area is 114 Å². The van der Waals surface area contributed by atoms with E-state index in [9.17, 15) is 9.90 Å². The van der Waals surface area contributed by atoms with Crippen molar-refractivity contribution in [1.82, 2.24) is 10.3 Å². The van der Waals surface area contributed by atoms with Gasteiger partial charge in [0.15, 0.2) is 0 Å². The summed E-state index contributed by atoms with van der Waals surface area (Å²) in [5, 5.41) is 14.2. The first-order valence-corrected chi connectivity index (χ1v) is 6.69. The fourth-order valence-corrected chi connectivity index (χ4v) is 3.65. The molecule has 3 fully saturated rings. The van der Waals surface area contributed by atoms with Crippen molar-refractivity contribution in [3.63, 3.8) is 0 Å². The van der Waals surface area contributed by atoms with E-state index in [1.165, 1.54) is 0 Å². The minimum Gasteiger partial charge on any atom is -0.390 e. The van der Waals surface area contributed by atoms with Crippen LogP contribution in [0, 0.1) is 0 Å². The van der Waals surface area contributed by atoms with Crippen LogP contribution in [-0.4, -0.2) is 27.1 Å². The number of benzene rings is 1. The Morgan fingerprint density at radius 3 is 2.74 bits per heavy atom. The molecule has 1 amide bonds. The molecule has 2 aromatic rings. The van der Waals surface area contributed by atoms with Gasteiger partial charge in [-0.3, -0.25) is 4.79 Å². The van der Waals surface area contributed by atoms with Crippen LogP contribution in [0.4, 0.5) is 0 Å². The molecule has 0 atom stereocenters. The van der Waals surface area contributed by atoms with Crippen LogP contribution in [0.2, 0.25) is 5.02 Å². The van der Waals surface area contributed by atoms with Gasteiger partial charge in [-0.2, -0.15) is 0 Å². The molecule has 0 aliphatic heterocycles. The van der Waals surface area contributed by atoms with E-state index in [-0.39, 0.29) is 11.4 Å². The number of aromatic amines is 1. The highest BCUT2D eigenvalue weighted by molar-refractivity contribution is 6.35. The molecule has 0 radical (unpaired) electrons. The second kappa shape index (κ2) is 3.32. The summed E-state index contributed by atoms with van der Waals surface area (Å²) in [7, 11) is 0. The fourth-order valence-electron chi connectivity index (χ4n) is 3.42. The van der Waals surface area contributed by atoms with Crippen molar-refractivity contribution >= 4 is 28.4 Å². The molecule has 5 rings (SSSR count). The monoisotopic (exact) mass is 276 g/mol. The van der Waals surface area contributed by atoms with Crippen LogP contribution in [0.3, 0.4) is 0 Å². The lowest BCUT2D eigenvalue weighted by atomic mass is 9.46. The number of fused-ring (bicyclic) bond motifs is 1. The molecule has 5 heteroatoms. The lowest BCUT2D eigenvalue weighted by Gasteiger charge is -2.67. The van der Waals surface area contributed by atoms with E-state index in [1.54, 1.807) is 12.1 Å². The van der Waals surface area contributed by atoms with Gasteiger partial charge in [-0.1, -0.05) is 23.7 Å². The first kappa shape index (κ1) is 11.3. The number of carbonyl (C=O) groups excluding carboxylic acids is 1. The van der Waals surface area contributed by atoms with E-state index in [1.807, 2.05) is 12.1 Å². The second-order valence-corrected chi connectivity index (χ2v) is 6.28. The summed E-state index contributed by atoms with van der Waals surface area (Å²) < 4.78 is 0. The van der Waals surface area contributed by atoms with Crippen molar-refractivity contribution in [2.24, 2.45) is 0 Å². The fraction of sp³-hybridized carbons (Fsp3) is 0.357. The summed E-state index contributed by atoms with van der Waals surface area (Å²) in [6, 6.07) is 7.37. The topological polar surface area (TPSA) is 65.1 Å². The summed E-state index contributed by atoms with van der Waals surface area (Å²) in [6.45, 7) is 0. The maximum absolute atomic E-state index is 12.2. The van der Waals surface area contributed by atoms with Crippen molar-refractivity contribution in [2.75, 3.05) is 0 Å². The predicted molar refractivity (Wildman–Crippen MR) is 72.3 cm³/mol. The van der Waals surface area contributed by atoms with Crippen molar-refractivity contribution in [3.05, 3.63) is 35.0 Å². The molecular weight excluding hydrogens is 264 g/mol. The number of H-pyrrole nitrogens is 1. The maximum atomic E-state index is 12.2. The largest absolute Gasteiger partial charge is 0.390 e. The Balaban J connectivity index is 1.60. The third kappa shape index (κ3) is 1.53. The van der Waals surface area contributed by atoms with E-state index in [2.05, 4.69) is 10.3 Å². The van der Waals surface area contributed by atoms with E-state index >= 15 is 0 Å². The first-order valence-electron chi connectivity index (χ1n) is 6.31. The average Bonchev–Trinajstić information content (AvgIpc) is 2.71. The van der Waals surface area contributed by atoms with Crippen molar-refractivity contribution < 1.29 is 9.90 Å². The first-order chi connectivity index (χ1) is 8.99. The van der Waals surface area contributed by atoms with Gasteiger partial charge in [0.25, 0.3) is 5.91 Å². The van der Waals surface area contributed by atoms with E-state index in [4.69, 9.17) is 11.6 Å². The smallest absolute Gasteiger partial charge is 0.268 e. The van der Waals surface area contributed by atoms with Crippen LogP contribution in [0.25, 0.3) is 10.9 Å². The second-order valence-electron chi connectivity index (χ2n) is 5.88. The quantitative estimate of drug-likeness (QED) is 0.787. The van der Waals surface area contributed by atoms with Gasteiger partial charge < -0.3 is 15.4 Å². The molecule has 2 bridgehead atoms. The molecule has 4 nitrogen and oxygen atoms in total. The van der Waals surface area contributed by atoms with E-state index in [0.717, 1.165) is 10.9 Å². The average molecular weight is 277 g/mol. The molecule has 3 saturated carbocycles. The molecule has 1 aromatic heterocycles. The summed E-state index contributed by atoms with van der Waals surface area (Å²) in [4.78, 5) is 15.3. The van der Waals surface area contributed by atoms with Gasteiger partial charge in [0.1, 0.15) is 5.69 Å². The Morgan fingerprint density at radius 2 is 2.11 bits per heavy atom. The number of aromatic nitrogens is 1. The lowest BCUT2D eigenvalue weighted by Crippen LogP contribution is -2.78. The van der Waals surface area contributed by atoms with Crippen molar-refractivity contribution in [1.29, 1.82) is 0 Å². The Hall–Kier alpha value is -1.52. The molecule has 3 aliphatic rings. The number of carbonyl (C=O) groups is 1. The van der Waals surface area contributed by atoms with Crippen LogP contribution in [0.15, 0.2) is 24.3 Å². The van der Waals surface area contributed by atoms with Gasteiger partial charge in [-0.05, 0) is 31.4 Å². The third-order valence-electron chi connectivity index (χ3n) is 4.23. The van der Waals surface area contributed by atoms with Gasteiger partial charge >= 0.3 is 0 Å². The van der Waals surface area contributed by atoms with Gasteiger partial charge in [-0.25, -0.2) is 0 Å². The molecule has 3 aliphatic carbocycles. The Kier molecular flexibility index (Phi) is 1.98. The third-order valence-corrected chi connectivity index (χ3v) is 4.55. The zero-order valence-electron chi connectivity index (χ0n) is 10.2. The van der Waals surface area contributed by atoms with Crippen LogP contribution >= 0.6 is 11.6 Å². The summed E-state index contributed by atoms with van der Waals surface area (Å²) in [6.07, 6.45) is 2.02. The van der Waals surface area contributed by atoms with Crippen LogP contribution in [-0.2, 0) is 0 Å². The number of nitrogens with one attached hydrogen (secondary N) is 2. The lowest BCUT2D eigenvalue weighted by molar-refractivity contribution is -0.215. The number of aliphatic hydroxyl groups is 1. The Morgan fingerprint density at radius 1 is 1.37 bits per heavy atom. The highest BCUT2D eigenvalue weighted by Gasteiger charge is 2.68. The molecule has 3 N–H and O–H groups in total. The number of para-hydroxylation sites is 1. The molecule has 19 heavy (non-hydrogen) atoms. The van der Waals surface area contributed by atoms with Gasteiger partial charge in [-0.15, -0.1) is 0 Å². The van der Waals surface area contributed by atoms with Crippen molar-refractivity contribution in [3.8, 4) is 0 Å². The Bertz CT molecular complexity index is 687. The van der Waals surface area contributed by atoms with Gasteiger partial charge in [0.05, 0.1) is 16.1 Å². The number of hydrogen-bond donors (Lipinski definition) is 3. The molecule has 0 unspecified atom stereocenters. The van der Waals surface area contributed by atoms with Gasteiger partial charge in [0.2, 0.25) is 0 Å². The summed E-state index contributed by atoms with van der Waals surface area (Å²) in [5.74, 6) is -0.131. The number of amides is 1. The zero-order chi connectivity index (χ0) is 13.3. The van der Waals surface area contributed by atoms with E-state index < -0.39 is 5.60 Å². The standard InChI is InChI=1S/C14H13ClN2O2/c15-9-3-1-2-8-4-10(16-11(8)9)12(18)17-13-5-14(19,6-13)7-13/h1-4,16,19H,5-7H2,(H,17,18). The van der Waals surface area contributed by atoms with Crippen LogP contribution < -0.4 is 5.32 Å². The summed E-state index contributed by atoms with van der Waals surface area (Å²) >= 11 is 6.08. The highest BCUT2D eigenvalue weighted by atomic mass is 35.5. The minimum atomic E-state index is -0.503. The molecule has 0 saturated heterocycles.